The lowest BCUT2D eigenvalue weighted by Crippen LogP contribution is -2.13. The highest BCUT2D eigenvalue weighted by Gasteiger charge is 2.15. The standard InChI is InChI=1S/C9H9IN2O/c10-12-6-5-9(13)11-7-3-1-2-4-8(7)12/h1-4H,5-6H2,(H,11,13). The minimum atomic E-state index is 0.0895. The molecule has 0 unspecified atom stereocenters. The predicted octanol–water partition coefficient (Wildman–Crippen LogP) is 2.19. The number of rotatable bonds is 0. The van der Waals surface area contributed by atoms with E-state index >= 15 is 0 Å². The smallest absolute Gasteiger partial charge is 0.226 e. The van der Waals surface area contributed by atoms with E-state index in [9.17, 15) is 4.79 Å². The molecule has 68 valence electrons. The van der Waals surface area contributed by atoms with Crippen molar-refractivity contribution in [2.45, 2.75) is 6.42 Å². The second-order valence-corrected chi connectivity index (χ2v) is 4.07. The number of hydrogen-bond acceptors (Lipinski definition) is 2. The van der Waals surface area contributed by atoms with Crippen molar-refractivity contribution in [1.82, 2.24) is 0 Å². The number of para-hydroxylation sites is 2. The highest BCUT2D eigenvalue weighted by atomic mass is 127. The van der Waals surface area contributed by atoms with Crippen molar-refractivity contribution < 1.29 is 4.79 Å². The first-order valence-electron chi connectivity index (χ1n) is 4.09. The van der Waals surface area contributed by atoms with Crippen molar-refractivity contribution in [3.63, 3.8) is 0 Å². The minimum absolute atomic E-state index is 0.0895. The molecule has 1 aliphatic rings. The van der Waals surface area contributed by atoms with Crippen LogP contribution in [0.4, 0.5) is 11.4 Å². The summed E-state index contributed by atoms with van der Waals surface area (Å²) in [6.45, 7) is 0.767. The molecule has 2 rings (SSSR count). The number of amides is 1. The number of hydrogen-bond donors (Lipinski definition) is 1. The van der Waals surface area contributed by atoms with Crippen LogP contribution in [-0.2, 0) is 4.79 Å². The van der Waals surface area contributed by atoms with Crippen molar-refractivity contribution in [3.05, 3.63) is 24.3 Å². The maximum Gasteiger partial charge on any atom is 0.226 e. The van der Waals surface area contributed by atoms with Crippen LogP contribution in [0.15, 0.2) is 24.3 Å². The number of benzene rings is 1. The van der Waals surface area contributed by atoms with Gasteiger partial charge in [-0.2, -0.15) is 0 Å². The summed E-state index contributed by atoms with van der Waals surface area (Å²) < 4.78 is 2.06. The number of nitrogens with zero attached hydrogens (tertiary/aromatic N) is 1. The molecule has 0 spiro atoms. The maximum absolute atomic E-state index is 11.3. The number of carbonyl (C=O) groups excluding carboxylic acids is 1. The zero-order valence-corrected chi connectivity index (χ0v) is 9.11. The molecule has 0 saturated carbocycles. The van der Waals surface area contributed by atoms with Crippen molar-refractivity contribution in [1.29, 1.82) is 0 Å². The molecule has 13 heavy (non-hydrogen) atoms. The van der Waals surface area contributed by atoms with E-state index in [1.807, 2.05) is 24.3 Å². The normalized spacial score (nSPS) is 16.1. The molecule has 1 aliphatic heterocycles. The highest BCUT2D eigenvalue weighted by Crippen LogP contribution is 2.30. The Hall–Kier alpha value is -0.780. The van der Waals surface area contributed by atoms with Crippen LogP contribution in [-0.4, -0.2) is 12.5 Å². The lowest BCUT2D eigenvalue weighted by Gasteiger charge is -2.14. The first-order chi connectivity index (χ1) is 6.27. The number of halogens is 1. The van der Waals surface area contributed by atoms with Crippen LogP contribution >= 0.6 is 22.9 Å². The molecule has 0 radical (unpaired) electrons. The number of fused-ring (bicyclic) bond motifs is 1. The molecule has 0 aliphatic carbocycles. The topological polar surface area (TPSA) is 32.3 Å². The number of anilines is 2. The molecule has 1 aromatic carbocycles. The van der Waals surface area contributed by atoms with E-state index in [-0.39, 0.29) is 5.91 Å². The summed E-state index contributed by atoms with van der Waals surface area (Å²) in [6, 6.07) is 7.83. The summed E-state index contributed by atoms with van der Waals surface area (Å²) >= 11 is 2.22. The van der Waals surface area contributed by atoms with Gasteiger partial charge in [0, 0.05) is 13.0 Å². The second kappa shape index (κ2) is 3.53. The third-order valence-electron chi connectivity index (χ3n) is 1.97. The monoisotopic (exact) mass is 288 g/mol. The first kappa shape index (κ1) is 8.80. The zero-order valence-electron chi connectivity index (χ0n) is 6.96. The molecule has 3 nitrogen and oxygen atoms in total. The van der Waals surface area contributed by atoms with E-state index in [1.54, 1.807) is 0 Å². The van der Waals surface area contributed by atoms with Gasteiger partial charge in [0.2, 0.25) is 5.91 Å². The fraction of sp³-hybridized carbons (Fsp3) is 0.222. The van der Waals surface area contributed by atoms with Crippen LogP contribution in [0, 0.1) is 0 Å². The van der Waals surface area contributed by atoms with Crippen LogP contribution in [0.25, 0.3) is 0 Å². The highest BCUT2D eigenvalue weighted by molar-refractivity contribution is 14.1. The van der Waals surface area contributed by atoms with Crippen LogP contribution in [0.3, 0.4) is 0 Å². The van der Waals surface area contributed by atoms with E-state index in [0.717, 1.165) is 17.9 Å². The van der Waals surface area contributed by atoms with E-state index in [1.165, 1.54) is 0 Å². The van der Waals surface area contributed by atoms with Gasteiger partial charge in [-0.25, -0.2) is 0 Å². The third-order valence-corrected chi connectivity index (χ3v) is 2.98. The van der Waals surface area contributed by atoms with E-state index in [4.69, 9.17) is 0 Å². The molecule has 1 amide bonds. The van der Waals surface area contributed by atoms with Crippen molar-refractivity contribution >= 4 is 40.1 Å². The Morgan fingerprint density at radius 1 is 1.38 bits per heavy atom. The van der Waals surface area contributed by atoms with E-state index in [0.29, 0.717) is 6.42 Å². The molecule has 0 atom stereocenters. The summed E-state index contributed by atoms with van der Waals surface area (Å²) in [7, 11) is 0. The molecular formula is C9H9IN2O. The Balaban J connectivity index is 2.43. The van der Waals surface area contributed by atoms with Crippen LogP contribution in [0.2, 0.25) is 0 Å². The average Bonchev–Trinajstić information content (AvgIpc) is 2.27. The zero-order chi connectivity index (χ0) is 9.26. The molecule has 0 fully saturated rings. The van der Waals surface area contributed by atoms with Crippen molar-refractivity contribution in [2.24, 2.45) is 0 Å². The Morgan fingerprint density at radius 2 is 2.15 bits per heavy atom. The van der Waals surface area contributed by atoms with Gasteiger partial charge in [-0.3, -0.25) is 4.79 Å². The average molecular weight is 288 g/mol. The molecule has 1 heterocycles. The number of carbonyl (C=O) groups is 1. The van der Waals surface area contributed by atoms with Gasteiger partial charge >= 0.3 is 0 Å². The van der Waals surface area contributed by atoms with Gasteiger partial charge in [0.25, 0.3) is 0 Å². The molecular weight excluding hydrogens is 279 g/mol. The van der Waals surface area contributed by atoms with Crippen LogP contribution in [0.5, 0.6) is 0 Å². The SMILES string of the molecule is O=C1CCN(I)c2ccccc2N1. The lowest BCUT2D eigenvalue weighted by atomic mass is 10.2. The fourth-order valence-corrected chi connectivity index (χ4v) is 1.99. The van der Waals surface area contributed by atoms with Gasteiger partial charge in [0.15, 0.2) is 0 Å². The second-order valence-electron chi connectivity index (χ2n) is 2.90. The molecule has 4 heteroatoms. The summed E-state index contributed by atoms with van der Waals surface area (Å²) in [5.41, 5.74) is 1.98. The van der Waals surface area contributed by atoms with Gasteiger partial charge in [-0.05, 0) is 12.1 Å². The maximum atomic E-state index is 11.3. The molecule has 1 aromatic rings. The van der Waals surface area contributed by atoms with E-state index in [2.05, 4.69) is 31.3 Å². The summed E-state index contributed by atoms with van der Waals surface area (Å²) in [5, 5.41) is 2.87. The molecule has 0 saturated heterocycles. The molecule has 1 N–H and O–H groups in total. The quantitative estimate of drug-likeness (QED) is 0.586. The predicted molar refractivity (Wildman–Crippen MR) is 61.1 cm³/mol. The van der Waals surface area contributed by atoms with Gasteiger partial charge in [-0.15, -0.1) is 0 Å². The van der Waals surface area contributed by atoms with Crippen molar-refractivity contribution in [3.8, 4) is 0 Å². The van der Waals surface area contributed by atoms with Crippen LogP contribution in [0.1, 0.15) is 6.42 Å². The molecule has 0 aromatic heterocycles. The molecule has 0 bridgehead atoms. The Bertz CT molecular complexity index is 340. The lowest BCUT2D eigenvalue weighted by molar-refractivity contribution is -0.115. The minimum Gasteiger partial charge on any atom is -0.324 e. The Morgan fingerprint density at radius 3 is 3.00 bits per heavy atom. The fourth-order valence-electron chi connectivity index (χ4n) is 1.32. The summed E-state index contributed by atoms with van der Waals surface area (Å²) in [4.78, 5) is 11.3. The first-order valence-corrected chi connectivity index (χ1v) is 5.06. The van der Waals surface area contributed by atoms with Crippen molar-refractivity contribution in [2.75, 3.05) is 15.0 Å². The third kappa shape index (κ3) is 1.77. The van der Waals surface area contributed by atoms with Gasteiger partial charge < -0.3 is 8.43 Å². The summed E-state index contributed by atoms with van der Waals surface area (Å²) in [6.07, 6.45) is 0.553. The largest absolute Gasteiger partial charge is 0.324 e. The van der Waals surface area contributed by atoms with Gasteiger partial charge in [0.1, 0.15) is 0 Å². The van der Waals surface area contributed by atoms with E-state index < -0.39 is 0 Å². The summed E-state index contributed by atoms with van der Waals surface area (Å²) in [5.74, 6) is 0.0895. The van der Waals surface area contributed by atoms with Gasteiger partial charge in [-0.1, -0.05) is 12.1 Å². The Labute approximate surface area is 90.6 Å². The Kier molecular flexibility index (Phi) is 2.39. The van der Waals surface area contributed by atoms with Gasteiger partial charge in [0.05, 0.1) is 34.2 Å². The number of nitrogens with one attached hydrogen (secondary N) is 1. The van der Waals surface area contributed by atoms with Crippen LogP contribution < -0.4 is 8.43 Å².